The number of ether oxygens (including phenoxy) is 2. The fourth-order valence-corrected chi connectivity index (χ4v) is 14.5. The summed E-state index contributed by atoms with van der Waals surface area (Å²) < 4.78 is 48.0. The van der Waals surface area contributed by atoms with E-state index in [1.54, 1.807) is 23.5 Å². The molecule has 0 N–H and O–H groups in total. The monoisotopic (exact) mass is 874 g/mol. The van der Waals surface area contributed by atoms with E-state index in [1.807, 2.05) is 102 Å². The Kier molecular flexibility index (Phi) is 24.8. The van der Waals surface area contributed by atoms with Crippen molar-refractivity contribution in [3.05, 3.63) is 107 Å². The van der Waals surface area contributed by atoms with Crippen molar-refractivity contribution in [2.75, 3.05) is 51.1 Å². The molecule has 322 valence electrons. The molecule has 0 aliphatic rings. The van der Waals surface area contributed by atoms with Crippen LogP contribution in [0, 0.1) is 0 Å². The largest absolute Gasteiger partial charge is 0.500 e. The maximum absolute atomic E-state index is 13.3. The van der Waals surface area contributed by atoms with E-state index >= 15 is 0 Å². The minimum atomic E-state index is -2.79. The molecule has 0 saturated heterocycles. The van der Waals surface area contributed by atoms with Crippen LogP contribution in [0.4, 0.5) is 0 Å². The highest BCUT2D eigenvalue weighted by atomic mass is 32.2. The number of carbonyl (C=O) groups is 2. The molecule has 2 atom stereocenters. The van der Waals surface area contributed by atoms with Crippen molar-refractivity contribution in [2.45, 2.75) is 103 Å². The van der Waals surface area contributed by atoms with Crippen molar-refractivity contribution in [1.29, 1.82) is 0 Å². The standard InChI is InChI=1S/C44H66O10S2Si2/c1-7-49-57(50-8-2,51-9-3)31-19-29-55-41(33-43(45)47-35-37-21-15-13-16-22-37)39-25-27-40(28-26-39)42(34-44(46)48-36-38-23-17-14-18-24-38)56-30-20-32-58(52-10-4,53-11-5)54-12-6/h13-18,21-28,41-42H,7-12,19-20,29-36H2,1-6H3. The van der Waals surface area contributed by atoms with Crippen LogP contribution in [0.15, 0.2) is 84.9 Å². The summed E-state index contributed by atoms with van der Waals surface area (Å²) in [7, 11) is -5.58. The van der Waals surface area contributed by atoms with E-state index in [1.165, 1.54) is 0 Å². The third-order valence-corrected chi connectivity index (χ3v) is 18.0. The first kappa shape index (κ1) is 49.9. The average molecular weight is 875 g/mol. The number of hydrogen-bond acceptors (Lipinski definition) is 12. The number of esters is 2. The first-order valence-corrected chi connectivity index (χ1v) is 26.8. The summed E-state index contributed by atoms with van der Waals surface area (Å²) in [4.78, 5) is 26.6. The van der Waals surface area contributed by atoms with E-state index in [0.29, 0.717) is 51.7 Å². The van der Waals surface area contributed by atoms with Gasteiger partial charge in [0.15, 0.2) is 0 Å². The van der Waals surface area contributed by atoms with Gasteiger partial charge in [0.2, 0.25) is 0 Å². The van der Waals surface area contributed by atoms with E-state index in [-0.39, 0.29) is 48.5 Å². The second kappa shape index (κ2) is 28.9. The molecule has 14 heteroatoms. The van der Waals surface area contributed by atoms with Gasteiger partial charge in [0.1, 0.15) is 13.2 Å². The molecule has 0 fully saturated rings. The second-order valence-corrected chi connectivity index (χ2v) is 21.3. The van der Waals surface area contributed by atoms with Gasteiger partial charge in [0, 0.05) is 62.2 Å². The molecule has 0 spiro atoms. The summed E-state index contributed by atoms with van der Waals surface area (Å²) >= 11 is 3.45. The first-order valence-electron chi connectivity index (χ1n) is 20.8. The van der Waals surface area contributed by atoms with E-state index in [0.717, 1.165) is 46.6 Å². The van der Waals surface area contributed by atoms with E-state index in [4.69, 9.17) is 36.0 Å². The van der Waals surface area contributed by atoms with Crippen molar-refractivity contribution >= 4 is 53.1 Å². The lowest BCUT2D eigenvalue weighted by Crippen LogP contribution is -2.46. The molecule has 3 rings (SSSR count). The molecule has 3 aromatic carbocycles. The fraction of sp³-hybridized carbons (Fsp3) is 0.545. The predicted molar refractivity (Wildman–Crippen MR) is 239 cm³/mol. The Bertz CT molecular complexity index is 1390. The lowest BCUT2D eigenvalue weighted by atomic mass is 10.0. The third-order valence-electron chi connectivity index (χ3n) is 8.95. The van der Waals surface area contributed by atoms with Gasteiger partial charge in [0.05, 0.1) is 12.8 Å². The van der Waals surface area contributed by atoms with Crippen molar-refractivity contribution in [1.82, 2.24) is 0 Å². The highest BCUT2D eigenvalue weighted by Crippen LogP contribution is 2.38. The smallest absolute Gasteiger partial charge is 0.461 e. The van der Waals surface area contributed by atoms with Crippen molar-refractivity contribution in [2.24, 2.45) is 0 Å². The lowest BCUT2D eigenvalue weighted by Gasteiger charge is -2.28. The van der Waals surface area contributed by atoms with Gasteiger partial charge in [0.25, 0.3) is 0 Å². The van der Waals surface area contributed by atoms with Crippen molar-refractivity contribution in [3.63, 3.8) is 0 Å². The summed E-state index contributed by atoms with van der Waals surface area (Å²) in [6.45, 7) is 15.4. The Hall–Kier alpha value is -2.51. The van der Waals surface area contributed by atoms with E-state index < -0.39 is 17.6 Å². The molecule has 0 aliphatic heterocycles. The zero-order valence-corrected chi connectivity index (χ0v) is 39.1. The van der Waals surface area contributed by atoms with E-state index in [9.17, 15) is 9.59 Å². The van der Waals surface area contributed by atoms with Crippen LogP contribution >= 0.6 is 23.5 Å². The van der Waals surface area contributed by atoms with Crippen LogP contribution in [0.2, 0.25) is 12.1 Å². The summed E-state index contributed by atoms with van der Waals surface area (Å²) in [6, 6.07) is 29.1. The van der Waals surface area contributed by atoms with Crippen molar-refractivity contribution in [3.8, 4) is 0 Å². The average Bonchev–Trinajstić information content (AvgIpc) is 3.23. The Morgan fingerprint density at radius 2 is 0.793 bits per heavy atom. The number of carbonyl (C=O) groups excluding carboxylic acids is 2. The molecule has 0 radical (unpaired) electrons. The number of hydrogen-bond donors (Lipinski definition) is 0. The van der Waals surface area contributed by atoms with Crippen LogP contribution in [0.5, 0.6) is 0 Å². The van der Waals surface area contributed by atoms with Crippen LogP contribution in [-0.4, -0.2) is 80.7 Å². The molecule has 0 aliphatic carbocycles. The number of thioether (sulfide) groups is 2. The predicted octanol–water partition coefficient (Wildman–Crippen LogP) is 10.4. The Morgan fingerprint density at radius 3 is 1.09 bits per heavy atom. The van der Waals surface area contributed by atoms with E-state index in [2.05, 4.69) is 24.3 Å². The van der Waals surface area contributed by atoms with Crippen LogP contribution in [0.3, 0.4) is 0 Å². The summed E-state index contributed by atoms with van der Waals surface area (Å²) in [5.74, 6) is 1.05. The lowest BCUT2D eigenvalue weighted by molar-refractivity contribution is -0.145. The molecule has 0 amide bonds. The van der Waals surface area contributed by atoms with Crippen LogP contribution in [0.25, 0.3) is 0 Å². The van der Waals surface area contributed by atoms with Gasteiger partial charge in [-0.05, 0) is 88.1 Å². The third kappa shape index (κ3) is 18.4. The maximum Gasteiger partial charge on any atom is 0.500 e. The molecule has 3 aromatic rings. The Balaban J connectivity index is 1.79. The highest BCUT2D eigenvalue weighted by molar-refractivity contribution is 7.99. The van der Waals surface area contributed by atoms with Gasteiger partial charge in [-0.3, -0.25) is 9.59 Å². The van der Waals surface area contributed by atoms with Crippen LogP contribution < -0.4 is 0 Å². The molecule has 0 heterocycles. The maximum atomic E-state index is 13.3. The molecule has 0 aromatic heterocycles. The fourth-order valence-electron chi connectivity index (χ4n) is 6.40. The Morgan fingerprint density at radius 1 is 0.483 bits per heavy atom. The number of rotatable bonds is 32. The molecular formula is C44H66O10S2Si2. The zero-order chi connectivity index (χ0) is 41.9. The molecule has 2 unspecified atom stereocenters. The summed E-state index contributed by atoms with van der Waals surface area (Å²) in [5.41, 5.74) is 3.93. The zero-order valence-electron chi connectivity index (χ0n) is 35.5. The summed E-state index contributed by atoms with van der Waals surface area (Å²) in [6.07, 6.45) is 2.07. The van der Waals surface area contributed by atoms with Gasteiger partial charge < -0.3 is 36.0 Å². The molecule has 0 saturated carbocycles. The molecule has 58 heavy (non-hydrogen) atoms. The minimum absolute atomic E-state index is 0.143. The van der Waals surface area contributed by atoms with Gasteiger partial charge in [-0.15, -0.1) is 0 Å². The normalized spacial score (nSPS) is 12.9. The van der Waals surface area contributed by atoms with Crippen LogP contribution in [-0.2, 0) is 58.8 Å². The second-order valence-electron chi connectivity index (χ2n) is 13.3. The summed E-state index contributed by atoms with van der Waals surface area (Å²) in [5, 5.41) is -0.286. The van der Waals surface area contributed by atoms with Crippen molar-refractivity contribution < 1.29 is 45.6 Å². The highest BCUT2D eigenvalue weighted by Gasteiger charge is 2.40. The quantitative estimate of drug-likeness (QED) is 0.0339. The molecular weight excluding hydrogens is 809 g/mol. The topological polar surface area (TPSA) is 108 Å². The SMILES string of the molecule is CCO[Si](CCCSC(CC(=O)OCc1ccccc1)c1ccc(C(CC(=O)OCc2ccccc2)SCCC[Si](OCC)(OCC)OCC)cc1)(OCC)OCC. The van der Waals surface area contributed by atoms with Gasteiger partial charge in [-0.2, -0.15) is 23.5 Å². The van der Waals surface area contributed by atoms with Crippen LogP contribution in [0.1, 0.15) is 100.0 Å². The molecule has 10 nitrogen and oxygen atoms in total. The molecule has 0 bridgehead atoms. The number of benzene rings is 3. The van der Waals surface area contributed by atoms with Gasteiger partial charge >= 0.3 is 29.5 Å². The Labute approximate surface area is 358 Å². The van der Waals surface area contributed by atoms with Gasteiger partial charge in [-0.1, -0.05) is 84.9 Å². The van der Waals surface area contributed by atoms with Gasteiger partial charge in [-0.25, -0.2) is 0 Å². The first-order chi connectivity index (χ1) is 28.2. The minimum Gasteiger partial charge on any atom is -0.461 e.